The Hall–Kier alpha value is -2.21. The van der Waals surface area contributed by atoms with Gasteiger partial charge in [0.15, 0.2) is 0 Å². The number of benzene rings is 1. The van der Waals surface area contributed by atoms with Crippen LogP contribution in [0.15, 0.2) is 29.5 Å². The van der Waals surface area contributed by atoms with Crippen LogP contribution in [0.1, 0.15) is 57.1 Å². The van der Waals surface area contributed by atoms with Crippen LogP contribution in [0, 0.1) is 5.92 Å². The lowest BCUT2D eigenvalue weighted by atomic mass is 9.90. The molecule has 0 spiro atoms. The van der Waals surface area contributed by atoms with Crippen molar-refractivity contribution in [3.63, 3.8) is 0 Å². The lowest BCUT2D eigenvalue weighted by Gasteiger charge is -2.30. The highest BCUT2D eigenvalue weighted by molar-refractivity contribution is 6.31. The van der Waals surface area contributed by atoms with Gasteiger partial charge in [0.05, 0.1) is 18.2 Å². The zero-order chi connectivity index (χ0) is 19.4. The molecule has 7 heteroatoms. The average Bonchev–Trinajstić information content (AvgIpc) is 2.66. The number of esters is 1. The van der Waals surface area contributed by atoms with Gasteiger partial charge >= 0.3 is 12.0 Å². The molecule has 0 radical (unpaired) electrons. The summed E-state index contributed by atoms with van der Waals surface area (Å²) in [7, 11) is 0. The molecule has 2 aliphatic rings. The number of aromatic hydroxyl groups is 1. The number of hydrogen-bond donors (Lipinski definition) is 3. The topological polar surface area (TPSA) is 87.7 Å². The predicted molar refractivity (Wildman–Crippen MR) is 102 cm³/mol. The highest BCUT2D eigenvalue weighted by Gasteiger charge is 2.34. The summed E-state index contributed by atoms with van der Waals surface area (Å²) in [6.45, 7) is 2.26. The van der Waals surface area contributed by atoms with Crippen LogP contribution >= 0.6 is 11.6 Å². The average molecular weight is 393 g/mol. The molecule has 146 valence electrons. The molecular formula is C20H25ClN2O4. The Morgan fingerprint density at radius 1 is 1.30 bits per heavy atom. The minimum atomic E-state index is -0.722. The van der Waals surface area contributed by atoms with Crippen molar-refractivity contribution in [3.05, 3.63) is 40.1 Å². The van der Waals surface area contributed by atoms with E-state index >= 15 is 0 Å². The molecule has 1 aliphatic heterocycles. The number of phenolic OH excluding ortho intramolecular Hbond substituents is 1. The first-order chi connectivity index (χ1) is 13.0. The van der Waals surface area contributed by atoms with Crippen LogP contribution in [0.25, 0.3) is 0 Å². The minimum Gasteiger partial charge on any atom is -0.508 e. The number of allylic oxidation sites excluding steroid dienone is 1. The van der Waals surface area contributed by atoms with E-state index in [1.54, 1.807) is 6.07 Å². The predicted octanol–water partition coefficient (Wildman–Crippen LogP) is 4.19. The molecule has 1 aliphatic carbocycles. The van der Waals surface area contributed by atoms with Crippen LogP contribution in [0.2, 0.25) is 5.02 Å². The van der Waals surface area contributed by atoms with E-state index in [-0.39, 0.29) is 10.8 Å². The van der Waals surface area contributed by atoms with Crippen molar-refractivity contribution in [2.75, 3.05) is 6.61 Å². The molecule has 3 rings (SSSR count). The zero-order valence-electron chi connectivity index (χ0n) is 15.4. The summed E-state index contributed by atoms with van der Waals surface area (Å²) in [4.78, 5) is 25.0. The molecule has 1 atom stereocenters. The maximum atomic E-state index is 12.9. The van der Waals surface area contributed by atoms with Gasteiger partial charge in [0.2, 0.25) is 0 Å². The molecule has 1 saturated carbocycles. The van der Waals surface area contributed by atoms with Crippen molar-refractivity contribution in [2.45, 2.75) is 51.5 Å². The van der Waals surface area contributed by atoms with Gasteiger partial charge in [-0.25, -0.2) is 9.59 Å². The molecule has 0 bridgehead atoms. The fraction of sp³-hybridized carbons (Fsp3) is 0.500. The van der Waals surface area contributed by atoms with Gasteiger partial charge in [-0.05, 0) is 42.9 Å². The SMILES string of the molecule is CCC1=C(C(=O)OCC2CCCCC2)C(c2ccc(O)cc2Cl)NC(=O)N1. The van der Waals surface area contributed by atoms with Crippen molar-refractivity contribution in [3.8, 4) is 5.75 Å². The van der Waals surface area contributed by atoms with Crippen LogP contribution in [-0.2, 0) is 9.53 Å². The maximum absolute atomic E-state index is 12.9. The highest BCUT2D eigenvalue weighted by Crippen LogP contribution is 2.35. The summed E-state index contributed by atoms with van der Waals surface area (Å²) in [5.74, 6) is -0.0283. The normalized spacial score (nSPS) is 20.8. The van der Waals surface area contributed by atoms with E-state index in [9.17, 15) is 14.7 Å². The molecule has 2 amide bonds. The summed E-state index contributed by atoms with van der Waals surface area (Å²) in [6, 6.07) is 3.36. The summed E-state index contributed by atoms with van der Waals surface area (Å²) < 4.78 is 5.62. The Morgan fingerprint density at radius 2 is 2.04 bits per heavy atom. The van der Waals surface area contributed by atoms with E-state index in [1.807, 2.05) is 6.92 Å². The molecular weight excluding hydrogens is 368 g/mol. The van der Waals surface area contributed by atoms with Gasteiger partial charge in [0, 0.05) is 10.7 Å². The fourth-order valence-electron chi connectivity index (χ4n) is 3.75. The zero-order valence-corrected chi connectivity index (χ0v) is 16.1. The summed E-state index contributed by atoms with van der Waals surface area (Å²) in [5, 5.41) is 15.3. The lowest BCUT2D eigenvalue weighted by Crippen LogP contribution is -2.46. The van der Waals surface area contributed by atoms with Crippen molar-refractivity contribution < 1.29 is 19.4 Å². The van der Waals surface area contributed by atoms with Gasteiger partial charge in [-0.2, -0.15) is 0 Å². The third-order valence-corrected chi connectivity index (χ3v) is 5.52. The first-order valence-electron chi connectivity index (χ1n) is 9.45. The number of hydrogen-bond acceptors (Lipinski definition) is 4. The van der Waals surface area contributed by atoms with Crippen LogP contribution in [0.4, 0.5) is 4.79 Å². The number of urea groups is 1. The standard InChI is InChI=1S/C20H25ClN2O4/c1-2-16-17(19(25)27-11-12-6-4-3-5-7-12)18(23-20(26)22-16)14-9-8-13(24)10-15(14)21/h8-10,12,18,24H,2-7,11H2,1H3,(H2,22,23,26). The van der Waals surface area contributed by atoms with E-state index in [2.05, 4.69) is 10.6 Å². The Morgan fingerprint density at radius 3 is 2.70 bits per heavy atom. The van der Waals surface area contributed by atoms with Gasteiger partial charge in [-0.3, -0.25) is 0 Å². The number of carbonyl (C=O) groups is 2. The molecule has 1 aromatic rings. The molecule has 0 saturated heterocycles. The summed E-state index contributed by atoms with van der Waals surface area (Å²) in [5.41, 5.74) is 1.43. The van der Waals surface area contributed by atoms with Crippen LogP contribution in [0.5, 0.6) is 5.75 Å². The van der Waals surface area contributed by atoms with E-state index in [0.29, 0.717) is 35.8 Å². The Kier molecular flexibility index (Phi) is 6.26. The van der Waals surface area contributed by atoms with Crippen molar-refractivity contribution in [2.24, 2.45) is 5.92 Å². The fourth-order valence-corrected chi connectivity index (χ4v) is 4.03. The molecule has 1 heterocycles. The summed E-state index contributed by atoms with van der Waals surface area (Å²) >= 11 is 6.26. The Labute approximate surface area is 163 Å². The van der Waals surface area contributed by atoms with Gasteiger partial charge in [-0.15, -0.1) is 0 Å². The second-order valence-corrected chi connectivity index (χ2v) is 7.49. The molecule has 6 nitrogen and oxygen atoms in total. The van der Waals surface area contributed by atoms with Gasteiger partial charge in [-0.1, -0.05) is 43.9 Å². The van der Waals surface area contributed by atoms with E-state index < -0.39 is 18.0 Å². The number of amides is 2. The quantitative estimate of drug-likeness (QED) is 0.655. The second kappa shape index (κ2) is 8.65. The lowest BCUT2D eigenvalue weighted by molar-refractivity contribution is -0.141. The van der Waals surface area contributed by atoms with Gasteiger partial charge in [0.25, 0.3) is 0 Å². The van der Waals surface area contributed by atoms with Gasteiger partial charge < -0.3 is 20.5 Å². The monoisotopic (exact) mass is 392 g/mol. The molecule has 1 fully saturated rings. The molecule has 3 N–H and O–H groups in total. The van der Waals surface area contributed by atoms with E-state index in [0.717, 1.165) is 12.8 Å². The van der Waals surface area contributed by atoms with Crippen molar-refractivity contribution in [1.29, 1.82) is 0 Å². The summed E-state index contributed by atoms with van der Waals surface area (Å²) in [6.07, 6.45) is 6.23. The molecule has 1 aromatic carbocycles. The number of ether oxygens (including phenoxy) is 1. The van der Waals surface area contributed by atoms with Crippen LogP contribution < -0.4 is 10.6 Å². The Bertz CT molecular complexity index is 756. The molecule has 1 unspecified atom stereocenters. The Balaban J connectivity index is 1.86. The highest BCUT2D eigenvalue weighted by atomic mass is 35.5. The minimum absolute atomic E-state index is 0.0186. The third-order valence-electron chi connectivity index (χ3n) is 5.20. The number of nitrogens with one attached hydrogen (secondary N) is 2. The van der Waals surface area contributed by atoms with Crippen molar-refractivity contribution >= 4 is 23.6 Å². The second-order valence-electron chi connectivity index (χ2n) is 7.09. The largest absolute Gasteiger partial charge is 0.508 e. The first-order valence-corrected chi connectivity index (χ1v) is 9.83. The van der Waals surface area contributed by atoms with Crippen LogP contribution in [0.3, 0.4) is 0 Å². The van der Waals surface area contributed by atoms with E-state index in [4.69, 9.17) is 16.3 Å². The first kappa shape index (κ1) is 19.5. The maximum Gasteiger partial charge on any atom is 0.338 e. The number of rotatable bonds is 5. The molecule has 0 aromatic heterocycles. The smallest absolute Gasteiger partial charge is 0.338 e. The number of halogens is 1. The van der Waals surface area contributed by atoms with E-state index in [1.165, 1.54) is 31.4 Å². The number of carbonyl (C=O) groups excluding carboxylic acids is 2. The van der Waals surface area contributed by atoms with Crippen LogP contribution in [-0.4, -0.2) is 23.7 Å². The van der Waals surface area contributed by atoms with Crippen molar-refractivity contribution in [1.82, 2.24) is 10.6 Å². The van der Waals surface area contributed by atoms with Gasteiger partial charge in [0.1, 0.15) is 5.75 Å². The third kappa shape index (κ3) is 4.56. The number of phenols is 1. The molecule has 27 heavy (non-hydrogen) atoms.